The Bertz CT molecular complexity index is 159. The van der Waals surface area contributed by atoms with E-state index < -0.39 is 0 Å². The van der Waals surface area contributed by atoms with Gasteiger partial charge in [0.2, 0.25) is 5.91 Å². The summed E-state index contributed by atoms with van der Waals surface area (Å²) in [5.74, 6) is -0.319. The molecule has 4 nitrogen and oxygen atoms in total. The average molecular weight is 200 g/mol. The van der Waals surface area contributed by atoms with Gasteiger partial charge in [-0.3, -0.25) is 14.8 Å². The van der Waals surface area contributed by atoms with E-state index in [0.717, 1.165) is 38.5 Å². The molecule has 0 aromatic carbocycles. The summed E-state index contributed by atoms with van der Waals surface area (Å²) in [5, 5.41) is 8.20. The van der Waals surface area contributed by atoms with Crippen molar-refractivity contribution in [1.29, 1.82) is 0 Å². The molecule has 4 heteroatoms. The third-order valence-corrected chi connectivity index (χ3v) is 2.06. The Balaban J connectivity index is 2.98. The quantitative estimate of drug-likeness (QED) is 0.338. The van der Waals surface area contributed by atoms with Gasteiger partial charge in [-0.25, -0.2) is 5.48 Å². The van der Waals surface area contributed by atoms with E-state index in [1.165, 1.54) is 0 Å². The highest BCUT2D eigenvalue weighted by atomic mass is 16.5. The minimum atomic E-state index is -0.319. The second-order valence-corrected chi connectivity index (χ2v) is 3.30. The molecular weight excluding hydrogens is 182 g/mol. The van der Waals surface area contributed by atoms with E-state index in [1.54, 1.807) is 5.48 Å². The second-order valence-electron chi connectivity index (χ2n) is 3.30. The molecule has 0 fully saturated rings. The van der Waals surface area contributed by atoms with Gasteiger partial charge in [-0.2, -0.15) is 0 Å². The molecule has 14 heavy (non-hydrogen) atoms. The average Bonchev–Trinajstić information content (AvgIpc) is 2.21. The van der Waals surface area contributed by atoms with Crippen LogP contribution in [0.25, 0.3) is 0 Å². The third-order valence-electron chi connectivity index (χ3n) is 2.06. The number of hydrogen-bond acceptors (Lipinski definition) is 3. The lowest BCUT2D eigenvalue weighted by atomic mass is 10.1. The van der Waals surface area contributed by atoms with Crippen LogP contribution in [0, 0.1) is 0 Å². The van der Waals surface area contributed by atoms with Crippen LogP contribution in [0.4, 0.5) is 0 Å². The van der Waals surface area contributed by atoms with E-state index >= 15 is 0 Å². The fraction of sp³-hybridized carbons (Fsp3) is 0.800. The van der Waals surface area contributed by atoms with Crippen molar-refractivity contribution in [3.05, 3.63) is 0 Å². The van der Waals surface area contributed by atoms with Crippen LogP contribution in [0.3, 0.4) is 0 Å². The third kappa shape index (κ3) is 9.19. The van der Waals surface area contributed by atoms with Crippen LogP contribution in [-0.2, 0) is 9.59 Å². The van der Waals surface area contributed by atoms with Gasteiger partial charge in [0.1, 0.15) is 0 Å². The number of carbonyl (C=O) groups is 1. The summed E-state index contributed by atoms with van der Waals surface area (Å²) in [6.07, 6.45) is 8.75. The van der Waals surface area contributed by atoms with Crippen molar-refractivity contribution in [1.82, 2.24) is 5.48 Å². The highest BCUT2D eigenvalue weighted by Gasteiger charge is 1.97. The molecule has 0 bridgehead atoms. The first-order chi connectivity index (χ1) is 6.81. The van der Waals surface area contributed by atoms with Gasteiger partial charge in [0, 0.05) is 12.8 Å². The molecule has 0 heterocycles. The summed E-state index contributed by atoms with van der Waals surface area (Å²) >= 11 is 0. The predicted molar refractivity (Wildman–Crippen MR) is 52.6 cm³/mol. The number of nitrogens with one attached hydrogen (secondary N) is 1. The Labute approximate surface area is 84.6 Å². The van der Waals surface area contributed by atoms with Crippen molar-refractivity contribution in [2.45, 2.75) is 51.4 Å². The molecule has 0 aliphatic carbocycles. The molecule has 0 saturated heterocycles. The van der Waals surface area contributed by atoms with Crippen LogP contribution in [-0.4, -0.2) is 17.4 Å². The van der Waals surface area contributed by atoms with Gasteiger partial charge in [0.05, 0.1) is 0 Å². The minimum Gasteiger partial charge on any atom is -0.291 e. The summed E-state index contributed by atoms with van der Waals surface area (Å²) < 4.78 is 0. The first-order valence-electron chi connectivity index (χ1n) is 5.09. The summed E-state index contributed by atoms with van der Waals surface area (Å²) in [6, 6.07) is 0. The minimum absolute atomic E-state index is 0.319. The summed E-state index contributed by atoms with van der Waals surface area (Å²) in [5.41, 5.74) is 1.60. The van der Waals surface area contributed by atoms with Crippen LogP contribution < -0.4 is 5.48 Å². The Hall–Kier alpha value is -0.900. The van der Waals surface area contributed by atoms with E-state index in [2.05, 4.69) is 0 Å². The molecule has 81 valence electrons. The Morgan fingerprint density at radius 2 is 1.64 bits per heavy atom. The standard InChI is InChI=1S/C10H18NO3/c12-9-7-5-3-1-2-4-6-8-10(13)11-14/h14H,1-8H2,(H,11,13). The Morgan fingerprint density at radius 1 is 1.07 bits per heavy atom. The molecule has 1 radical (unpaired) electrons. The largest absolute Gasteiger partial charge is 0.291 e. The summed E-state index contributed by atoms with van der Waals surface area (Å²) in [4.78, 5) is 20.4. The Morgan fingerprint density at radius 3 is 2.21 bits per heavy atom. The zero-order chi connectivity index (χ0) is 10.6. The smallest absolute Gasteiger partial charge is 0.243 e. The van der Waals surface area contributed by atoms with Gasteiger partial charge in [-0.15, -0.1) is 0 Å². The maximum Gasteiger partial charge on any atom is 0.243 e. The van der Waals surface area contributed by atoms with Crippen molar-refractivity contribution >= 4 is 12.2 Å². The number of hydroxylamine groups is 1. The first-order valence-corrected chi connectivity index (χ1v) is 5.09. The van der Waals surface area contributed by atoms with Gasteiger partial charge in [0.15, 0.2) is 6.29 Å². The topological polar surface area (TPSA) is 66.4 Å². The van der Waals surface area contributed by atoms with Crippen molar-refractivity contribution in [2.75, 3.05) is 0 Å². The zero-order valence-corrected chi connectivity index (χ0v) is 8.42. The lowest BCUT2D eigenvalue weighted by Gasteiger charge is -1.99. The maximum absolute atomic E-state index is 10.6. The molecule has 0 aromatic rings. The first kappa shape index (κ1) is 13.1. The lowest BCUT2D eigenvalue weighted by molar-refractivity contribution is -0.129. The fourth-order valence-corrected chi connectivity index (χ4v) is 1.25. The van der Waals surface area contributed by atoms with Crippen LogP contribution in [0.1, 0.15) is 51.4 Å². The van der Waals surface area contributed by atoms with Gasteiger partial charge in [-0.05, 0) is 12.8 Å². The normalized spacial score (nSPS) is 9.79. The molecule has 0 aliphatic heterocycles. The fourth-order valence-electron chi connectivity index (χ4n) is 1.25. The molecule has 2 N–H and O–H groups in total. The van der Waals surface area contributed by atoms with E-state index in [0.29, 0.717) is 12.8 Å². The molecule has 0 aromatic heterocycles. The highest BCUT2D eigenvalue weighted by molar-refractivity contribution is 5.74. The number of hydrogen-bond donors (Lipinski definition) is 2. The van der Waals surface area contributed by atoms with Crippen LogP contribution >= 0.6 is 0 Å². The van der Waals surface area contributed by atoms with Gasteiger partial charge < -0.3 is 0 Å². The zero-order valence-electron chi connectivity index (χ0n) is 8.42. The van der Waals surface area contributed by atoms with E-state index in [4.69, 9.17) is 5.21 Å². The van der Waals surface area contributed by atoms with E-state index in [9.17, 15) is 9.59 Å². The molecule has 1 amide bonds. The Kier molecular flexibility index (Phi) is 9.53. The predicted octanol–water partition coefficient (Wildman–Crippen LogP) is 1.72. The van der Waals surface area contributed by atoms with Gasteiger partial charge in [-0.1, -0.05) is 25.7 Å². The van der Waals surface area contributed by atoms with Crippen LogP contribution in [0.15, 0.2) is 0 Å². The number of unbranched alkanes of at least 4 members (excludes halogenated alkanes) is 6. The lowest BCUT2D eigenvalue weighted by Crippen LogP contribution is -2.17. The molecule has 0 spiro atoms. The monoisotopic (exact) mass is 200 g/mol. The van der Waals surface area contributed by atoms with Crippen LogP contribution in [0.2, 0.25) is 0 Å². The number of carbonyl (C=O) groups excluding carboxylic acids is 2. The van der Waals surface area contributed by atoms with Gasteiger partial charge in [0.25, 0.3) is 0 Å². The van der Waals surface area contributed by atoms with Crippen molar-refractivity contribution in [2.24, 2.45) is 0 Å². The number of amides is 1. The molecule has 0 unspecified atom stereocenters. The van der Waals surface area contributed by atoms with E-state index in [1.807, 2.05) is 6.29 Å². The summed E-state index contributed by atoms with van der Waals surface area (Å²) in [7, 11) is 0. The number of rotatable bonds is 9. The van der Waals surface area contributed by atoms with Crippen molar-refractivity contribution < 1.29 is 14.8 Å². The SMILES string of the molecule is O=[C]CCCCCCCCC(=O)NO. The molecular formula is C10H18NO3. The maximum atomic E-state index is 10.6. The highest BCUT2D eigenvalue weighted by Crippen LogP contribution is 2.07. The second kappa shape index (κ2) is 10.2. The molecule has 0 rings (SSSR count). The van der Waals surface area contributed by atoms with Crippen molar-refractivity contribution in [3.8, 4) is 0 Å². The molecule has 0 saturated carbocycles. The molecule has 0 aliphatic rings. The van der Waals surface area contributed by atoms with E-state index in [-0.39, 0.29) is 5.91 Å². The van der Waals surface area contributed by atoms with Crippen molar-refractivity contribution in [3.63, 3.8) is 0 Å². The van der Waals surface area contributed by atoms with Gasteiger partial charge >= 0.3 is 0 Å². The van der Waals surface area contributed by atoms with Crippen LogP contribution in [0.5, 0.6) is 0 Å². The summed E-state index contributed by atoms with van der Waals surface area (Å²) in [6.45, 7) is 0. The molecule has 0 atom stereocenters.